The largest absolute Gasteiger partial charge is 0.0915 e. The molecule has 0 aromatic carbocycles. The molecule has 0 aromatic heterocycles. The van der Waals surface area contributed by atoms with Gasteiger partial charge in [-0.2, -0.15) is 0 Å². The molecule has 0 radical (unpaired) electrons. The Morgan fingerprint density at radius 1 is 1.36 bits per heavy atom. The first kappa shape index (κ1) is 8.53. The van der Waals surface area contributed by atoms with Crippen LogP contribution < -0.4 is 0 Å². The first-order valence-corrected chi connectivity index (χ1v) is 7.76. The van der Waals surface area contributed by atoms with Crippen LogP contribution in [0, 0.1) is 0 Å². The minimum absolute atomic E-state index is 0.933. The van der Waals surface area contributed by atoms with Crippen molar-refractivity contribution in [3.63, 3.8) is 0 Å². The summed E-state index contributed by atoms with van der Waals surface area (Å²) in [7, 11) is -0.933. The van der Waals surface area contributed by atoms with Crippen LogP contribution in [0.3, 0.4) is 0 Å². The molecule has 1 rings (SSSR count). The van der Waals surface area contributed by atoms with Crippen molar-refractivity contribution >= 4 is 8.07 Å². The molecule has 0 nitrogen and oxygen atoms in total. The van der Waals surface area contributed by atoms with Gasteiger partial charge in [0.2, 0.25) is 0 Å². The van der Waals surface area contributed by atoms with E-state index in [2.05, 4.69) is 44.4 Å². The van der Waals surface area contributed by atoms with Gasteiger partial charge < -0.3 is 0 Å². The van der Waals surface area contributed by atoms with Crippen LogP contribution in [0.5, 0.6) is 0 Å². The average Bonchev–Trinajstić information content (AvgIpc) is 2.12. The maximum atomic E-state index is 3.99. The Hall–Kier alpha value is -0.563. The zero-order valence-corrected chi connectivity index (χ0v) is 8.65. The second-order valence-electron chi connectivity index (χ2n) is 4.31. The molecule has 1 aliphatic carbocycles. The molecule has 0 saturated carbocycles. The van der Waals surface area contributed by atoms with Crippen LogP contribution in [-0.2, 0) is 0 Å². The van der Waals surface area contributed by atoms with Gasteiger partial charge in [0.05, 0.1) is 0 Å². The molecule has 0 bridgehead atoms. The highest BCUT2D eigenvalue weighted by molar-refractivity contribution is 6.76. The topological polar surface area (TPSA) is 0 Å². The number of hydrogen-bond acceptors (Lipinski definition) is 0. The van der Waals surface area contributed by atoms with Crippen molar-refractivity contribution in [2.75, 3.05) is 0 Å². The van der Waals surface area contributed by atoms with Crippen LogP contribution in [0.4, 0.5) is 0 Å². The van der Waals surface area contributed by atoms with E-state index in [0.717, 1.165) is 0 Å². The highest BCUT2D eigenvalue weighted by Gasteiger charge is 2.17. The van der Waals surface area contributed by atoms with Crippen LogP contribution in [0.15, 0.2) is 36.0 Å². The summed E-state index contributed by atoms with van der Waals surface area (Å²) in [6.07, 6.45) is 6.38. The SMILES string of the molecule is C=C1C=CC=C1C[Si](C)(C)C. The molecule has 0 heterocycles. The molecule has 11 heavy (non-hydrogen) atoms. The van der Waals surface area contributed by atoms with E-state index in [1.807, 2.05) is 0 Å². The summed E-state index contributed by atoms with van der Waals surface area (Å²) in [5.74, 6) is 0. The minimum atomic E-state index is -0.933. The monoisotopic (exact) mass is 164 g/mol. The predicted octanol–water partition coefficient (Wildman–Crippen LogP) is 3.38. The van der Waals surface area contributed by atoms with Crippen LogP contribution in [0.1, 0.15) is 0 Å². The molecule has 0 aliphatic heterocycles. The fourth-order valence-electron chi connectivity index (χ4n) is 1.24. The molecular formula is C10H16Si. The Morgan fingerprint density at radius 2 is 2.00 bits per heavy atom. The fourth-order valence-corrected chi connectivity index (χ4v) is 2.73. The zero-order chi connectivity index (χ0) is 8.48. The van der Waals surface area contributed by atoms with Crippen molar-refractivity contribution in [1.82, 2.24) is 0 Å². The molecule has 0 fully saturated rings. The Morgan fingerprint density at radius 3 is 2.36 bits per heavy atom. The lowest BCUT2D eigenvalue weighted by atomic mass is 10.2. The fraction of sp³-hybridized carbons (Fsp3) is 0.400. The van der Waals surface area contributed by atoms with Gasteiger partial charge in [-0.25, -0.2) is 0 Å². The van der Waals surface area contributed by atoms with Gasteiger partial charge >= 0.3 is 0 Å². The maximum absolute atomic E-state index is 3.99. The molecule has 0 saturated heterocycles. The smallest absolute Gasteiger partial charge is 0.0487 e. The Bertz CT molecular complexity index is 226. The standard InChI is InChI=1S/C10H16Si/c1-9-6-5-7-10(9)8-11(2,3)4/h5-7H,1,8H2,2-4H3. The van der Waals surface area contributed by atoms with Gasteiger partial charge in [0.1, 0.15) is 0 Å². The zero-order valence-electron chi connectivity index (χ0n) is 7.65. The third kappa shape index (κ3) is 2.50. The molecule has 0 unspecified atom stereocenters. The number of hydrogen-bond donors (Lipinski definition) is 0. The third-order valence-electron chi connectivity index (χ3n) is 1.73. The van der Waals surface area contributed by atoms with Crippen LogP contribution in [0.2, 0.25) is 25.7 Å². The van der Waals surface area contributed by atoms with Crippen molar-refractivity contribution in [2.45, 2.75) is 25.7 Å². The van der Waals surface area contributed by atoms with E-state index in [0.29, 0.717) is 0 Å². The average molecular weight is 164 g/mol. The molecule has 0 spiro atoms. The second kappa shape index (κ2) is 2.82. The molecule has 1 heteroatoms. The molecule has 1 aliphatic rings. The van der Waals surface area contributed by atoms with E-state index in [9.17, 15) is 0 Å². The van der Waals surface area contributed by atoms with Crippen molar-refractivity contribution in [1.29, 1.82) is 0 Å². The van der Waals surface area contributed by atoms with Gasteiger partial charge in [0, 0.05) is 8.07 Å². The van der Waals surface area contributed by atoms with E-state index in [1.165, 1.54) is 17.2 Å². The van der Waals surface area contributed by atoms with E-state index < -0.39 is 8.07 Å². The summed E-state index contributed by atoms with van der Waals surface area (Å²) in [5.41, 5.74) is 2.66. The molecule has 0 atom stereocenters. The molecule has 60 valence electrons. The summed E-state index contributed by atoms with van der Waals surface area (Å²) < 4.78 is 0. The third-order valence-corrected chi connectivity index (χ3v) is 3.17. The van der Waals surface area contributed by atoms with Crippen molar-refractivity contribution in [3.8, 4) is 0 Å². The first-order valence-electron chi connectivity index (χ1n) is 4.05. The maximum Gasteiger partial charge on any atom is 0.0487 e. The van der Waals surface area contributed by atoms with E-state index in [1.54, 1.807) is 0 Å². The summed E-state index contributed by atoms with van der Waals surface area (Å²) >= 11 is 0. The van der Waals surface area contributed by atoms with Crippen LogP contribution in [-0.4, -0.2) is 8.07 Å². The van der Waals surface area contributed by atoms with Gasteiger partial charge in [0.25, 0.3) is 0 Å². The predicted molar refractivity (Wildman–Crippen MR) is 54.5 cm³/mol. The van der Waals surface area contributed by atoms with Crippen LogP contribution in [0.25, 0.3) is 0 Å². The highest BCUT2D eigenvalue weighted by Crippen LogP contribution is 2.25. The Kier molecular flexibility index (Phi) is 2.19. The lowest BCUT2D eigenvalue weighted by Crippen LogP contribution is -2.19. The van der Waals surface area contributed by atoms with E-state index in [-0.39, 0.29) is 0 Å². The lowest BCUT2D eigenvalue weighted by molar-refractivity contribution is 1.38. The van der Waals surface area contributed by atoms with Crippen molar-refractivity contribution in [2.24, 2.45) is 0 Å². The quantitative estimate of drug-likeness (QED) is 0.549. The molecule has 0 amide bonds. The van der Waals surface area contributed by atoms with Crippen molar-refractivity contribution < 1.29 is 0 Å². The molecule has 0 N–H and O–H groups in total. The first-order chi connectivity index (χ1) is 4.99. The second-order valence-corrected chi connectivity index (χ2v) is 9.79. The summed E-state index contributed by atoms with van der Waals surface area (Å²) in [6.45, 7) is 11.2. The van der Waals surface area contributed by atoms with Gasteiger partial charge in [-0.05, 0) is 17.2 Å². The number of rotatable bonds is 2. The number of allylic oxidation sites excluding steroid dienone is 5. The normalized spacial score (nSPS) is 17.4. The Balaban J connectivity index is 2.60. The van der Waals surface area contributed by atoms with Crippen LogP contribution >= 0.6 is 0 Å². The highest BCUT2D eigenvalue weighted by atomic mass is 28.3. The summed E-state index contributed by atoms with van der Waals surface area (Å²) in [4.78, 5) is 0. The molecular weight excluding hydrogens is 148 g/mol. The van der Waals surface area contributed by atoms with E-state index >= 15 is 0 Å². The van der Waals surface area contributed by atoms with Crippen molar-refractivity contribution in [3.05, 3.63) is 36.0 Å². The van der Waals surface area contributed by atoms with E-state index in [4.69, 9.17) is 0 Å². The van der Waals surface area contributed by atoms with Gasteiger partial charge in [0.15, 0.2) is 0 Å². The minimum Gasteiger partial charge on any atom is -0.0915 e. The van der Waals surface area contributed by atoms with Gasteiger partial charge in [-0.15, -0.1) is 0 Å². The van der Waals surface area contributed by atoms with Gasteiger partial charge in [-0.3, -0.25) is 0 Å². The summed E-state index contributed by atoms with van der Waals surface area (Å²) in [6, 6.07) is 1.26. The lowest BCUT2D eigenvalue weighted by Gasteiger charge is -2.16. The summed E-state index contributed by atoms with van der Waals surface area (Å²) in [5, 5.41) is 0. The molecule has 0 aromatic rings. The Labute approximate surface area is 70.3 Å². The van der Waals surface area contributed by atoms with Gasteiger partial charge in [-0.1, -0.05) is 44.4 Å².